The van der Waals surface area contributed by atoms with Crippen molar-refractivity contribution in [3.05, 3.63) is 57.0 Å². The zero-order valence-corrected chi connectivity index (χ0v) is 14.4. The van der Waals surface area contributed by atoms with E-state index >= 15 is 0 Å². The minimum atomic E-state index is -1.03. The maximum absolute atomic E-state index is 12.5. The smallest absolute Gasteiger partial charge is 0.335 e. The summed E-state index contributed by atoms with van der Waals surface area (Å²) >= 11 is 1.16. The van der Waals surface area contributed by atoms with Gasteiger partial charge in [0.25, 0.3) is 11.5 Å². The number of carbonyl (C=O) groups is 2. The van der Waals surface area contributed by atoms with Gasteiger partial charge >= 0.3 is 5.97 Å². The lowest BCUT2D eigenvalue weighted by molar-refractivity contribution is 0.0696. The number of thiophene rings is 1. The Labute approximate surface area is 146 Å². The molecule has 0 spiro atoms. The van der Waals surface area contributed by atoms with Gasteiger partial charge in [0.2, 0.25) is 0 Å². The van der Waals surface area contributed by atoms with Crippen molar-refractivity contribution < 1.29 is 14.7 Å². The SMILES string of the molecule is CCn1cnc2sc(C(=O)Nc3ccc(C(=O)O)cc3)c(C)c2c1=O. The second-order valence-corrected chi connectivity index (χ2v) is 6.41. The number of hydrogen-bond acceptors (Lipinski definition) is 5. The number of aromatic carboxylic acids is 1. The molecule has 0 aliphatic heterocycles. The molecule has 0 aliphatic carbocycles. The molecule has 7 nitrogen and oxygen atoms in total. The minimum absolute atomic E-state index is 0.139. The molecule has 0 saturated carbocycles. The van der Waals surface area contributed by atoms with E-state index in [1.165, 1.54) is 35.2 Å². The van der Waals surface area contributed by atoms with Crippen molar-refractivity contribution in [1.29, 1.82) is 0 Å². The van der Waals surface area contributed by atoms with Gasteiger partial charge in [-0.3, -0.25) is 14.2 Å². The molecule has 0 saturated heterocycles. The van der Waals surface area contributed by atoms with Crippen LogP contribution in [0.15, 0.2) is 35.4 Å². The molecule has 2 heterocycles. The molecule has 0 unspecified atom stereocenters. The Morgan fingerprint density at radius 3 is 2.56 bits per heavy atom. The Bertz CT molecular complexity index is 1030. The van der Waals surface area contributed by atoms with Crippen molar-refractivity contribution in [1.82, 2.24) is 9.55 Å². The number of hydrogen-bond donors (Lipinski definition) is 2. The fourth-order valence-corrected chi connectivity index (χ4v) is 3.52. The van der Waals surface area contributed by atoms with Gasteiger partial charge < -0.3 is 10.4 Å². The standard InChI is InChI=1S/C17H15N3O4S/c1-3-20-8-18-15-12(16(20)22)9(2)13(25-15)14(21)19-11-6-4-10(5-7-11)17(23)24/h4-8H,3H2,1-2H3,(H,19,21)(H,23,24). The third-order valence-electron chi connectivity index (χ3n) is 3.85. The number of amides is 1. The molecular weight excluding hydrogens is 342 g/mol. The number of aryl methyl sites for hydroxylation is 2. The van der Waals surface area contributed by atoms with E-state index in [0.717, 1.165) is 11.3 Å². The third-order valence-corrected chi connectivity index (χ3v) is 5.05. The van der Waals surface area contributed by atoms with Crippen molar-refractivity contribution >= 4 is 39.1 Å². The topological polar surface area (TPSA) is 101 Å². The zero-order chi connectivity index (χ0) is 18.1. The highest BCUT2D eigenvalue weighted by Crippen LogP contribution is 2.27. The average Bonchev–Trinajstić information content (AvgIpc) is 2.93. The van der Waals surface area contributed by atoms with Crippen LogP contribution in [0.5, 0.6) is 0 Å². The van der Waals surface area contributed by atoms with Crippen LogP contribution in [0, 0.1) is 6.92 Å². The van der Waals surface area contributed by atoms with Gasteiger partial charge in [-0.2, -0.15) is 0 Å². The summed E-state index contributed by atoms with van der Waals surface area (Å²) in [6.07, 6.45) is 1.48. The van der Waals surface area contributed by atoms with Crippen molar-refractivity contribution in [2.45, 2.75) is 20.4 Å². The van der Waals surface area contributed by atoms with E-state index in [0.29, 0.717) is 32.9 Å². The number of nitrogens with one attached hydrogen (secondary N) is 1. The normalized spacial score (nSPS) is 10.8. The Balaban J connectivity index is 1.94. The van der Waals surface area contributed by atoms with Gasteiger partial charge in [-0.05, 0) is 43.7 Å². The zero-order valence-electron chi connectivity index (χ0n) is 13.6. The summed E-state index contributed by atoms with van der Waals surface area (Å²) in [5, 5.41) is 12.1. The first-order valence-electron chi connectivity index (χ1n) is 7.55. The quantitative estimate of drug-likeness (QED) is 0.748. The van der Waals surface area contributed by atoms with Crippen molar-refractivity contribution in [2.75, 3.05) is 5.32 Å². The molecule has 2 aromatic heterocycles. The average molecular weight is 357 g/mol. The lowest BCUT2D eigenvalue weighted by Gasteiger charge is -2.05. The highest BCUT2D eigenvalue weighted by Gasteiger charge is 2.19. The van der Waals surface area contributed by atoms with E-state index in [9.17, 15) is 14.4 Å². The summed E-state index contributed by atoms with van der Waals surface area (Å²) in [6, 6.07) is 5.87. The molecule has 3 aromatic rings. The summed E-state index contributed by atoms with van der Waals surface area (Å²) in [5.74, 6) is -1.39. The molecule has 3 rings (SSSR count). The van der Waals surface area contributed by atoms with Gasteiger partial charge in [0.1, 0.15) is 4.83 Å². The number of carboxylic acid groups (broad SMARTS) is 1. The van der Waals surface area contributed by atoms with Crippen LogP contribution in [0.3, 0.4) is 0 Å². The van der Waals surface area contributed by atoms with Gasteiger partial charge in [0, 0.05) is 12.2 Å². The number of fused-ring (bicyclic) bond motifs is 1. The second-order valence-electron chi connectivity index (χ2n) is 5.41. The van der Waals surface area contributed by atoms with Gasteiger partial charge in [0.05, 0.1) is 22.2 Å². The molecule has 1 amide bonds. The van der Waals surface area contributed by atoms with Crippen LogP contribution in [0.4, 0.5) is 5.69 Å². The fraction of sp³-hybridized carbons (Fsp3) is 0.176. The number of aromatic nitrogens is 2. The van der Waals surface area contributed by atoms with Crippen LogP contribution in [0.25, 0.3) is 10.2 Å². The van der Waals surface area contributed by atoms with Gasteiger partial charge in [-0.25, -0.2) is 9.78 Å². The maximum atomic E-state index is 12.5. The maximum Gasteiger partial charge on any atom is 0.335 e. The number of carboxylic acids is 1. The molecule has 1 aromatic carbocycles. The summed E-state index contributed by atoms with van der Waals surface area (Å²) in [7, 11) is 0. The lowest BCUT2D eigenvalue weighted by atomic mass is 10.2. The molecule has 0 radical (unpaired) electrons. The Hall–Kier alpha value is -3.00. The fourth-order valence-electron chi connectivity index (χ4n) is 2.49. The van der Waals surface area contributed by atoms with Gasteiger partial charge in [-0.1, -0.05) is 0 Å². The third kappa shape index (κ3) is 3.03. The van der Waals surface area contributed by atoms with Crippen LogP contribution < -0.4 is 10.9 Å². The molecule has 2 N–H and O–H groups in total. The summed E-state index contributed by atoms with van der Waals surface area (Å²) in [5.41, 5.74) is 1.05. The summed E-state index contributed by atoms with van der Waals surface area (Å²) in [4.78, 5) is 41.0. The van der Waals surface area contributed by atoms with Crippen molar-refractivity contribution in [3.63, 3.8) is 0 Å². The van der Waals surface area contributed by atoms with Crippen LogP contribution in [-0.2, 0) is 6.54 Å². The number of benzene rings is 1. The molecular formula is C17H15N3O4S. The number of anilines is 1. The molecule has 128 valence electrons. The van der Waals surface area contributed by atoms with Crippen LogP contribution in [-0.4, -0.2) is 26.5 Å². The van der Waals surface area contributed by atoms with E-state index in [2.05, 4.69) is 10.3 Å². The van der Waals surface area contributed by atoms with Crippen LogP contribution in [0.1, 0.15) is 32.5 Å². The first-order valence-corrected chi connectivity index (χ1v) is 8.37. The Morgan fingerprint density at radius 1 is 1.28 bits per heavy atom. The van der Waals surface area contributed by atoms with Crippen molar-refractivity contribution in [2.24, 2.45) is 0 Å². The molecule has 0 fully saturated rings. The monoisotopic (exact) mass is 357 g/mol. The first kappa shape index (κ1) is 16.8. The molecule has 25 heavy (non-hydrogen) atoms. The summed E-state index contributed by atoms with van der Waals surface area (Å²) in [6.45, 7) is 4.09. The van der Waals surface area contributed by atoms with Gasteiger partial charge in [-0.15, -0.1) is 11.3 Å². The minimum Gasteiger partial charge on any atom is -0.478 e. The Kier molecular flexibility index (Phi) is 4.37. The largest absolute Gasteiger partial charge is 0.478 e. The van der Waals surface area contributed by atoms with E-state index in [1.807, 2.05) is 6.92 Å². The summed E-state index contributed by atoms with van der Waals surface area (Å²) < 4.78 is 1.49. The van der Waals surface area contributed by atoms with Crippen LogP contribution in [0.2, 0.25) is 0 Å². The highest BCUT2D eigenvalue weighted by molar-refractivity contribution is 7.20. The number of carbonyl (C=O) groups excluding carboxylic acids is 1. The van der Waals surface area contributed by atoms with Crippen LogP contribution >= 0.6 is 11.3 Å². The first-order chi connectivity index (χ1) is 11.9. The number of rotatable bonds is 4. The molecule has 0 aliphatic rings. The predicted molar refractivity (Wildman–Crippen MR) is 95.6 cm³/mol. The van der Waals surface area contributed by atoms with Gasteiger partial charge in [0.15, 0.2) is 0 Å². The van der Waals surface area contributed by atoms with E-state index in [-0.39, 0.29) is 17.0 Å². The van der Waals surface area contributed by atoms with E-state index in [1.54, 1.807) is 6.92 Å². The predicted octanol–water partition coefficient (Wildman–Crippen LogP) is 2.74. The molecule has 0 atom stereocenters. The Morgan fingerprint density at radius 2 is 1.96 bits per heavy atom. The van der Waals surface area contributed by atoms with E-state index < -0.39 is 5.97 Å². The lowest BCUT2D eigenvalue weighted by Crippen LogP contribution is -2.19. The second kappa shape index (κ2) is 6.48. The molecule has 0 bridgehead atoms. The highest BCUT2D eigenvalue weighted by atomic mass is 32.1. The van der Waals surface area contributed by atoms with Crippen molar-refractivity contribution in [3.8, 4) is 0 Å². The van der Waals surface area contributed by atoms with E-state index in [4.69, 9.17) is 5.11 Å². The molecule has 8 heteroatoms. The number of nitrogens with zero attached hydrogens (tertiary/aromatic N) is 2.